The molecule has 0 bridgehead atoms. The summed E-state index contributed by atoms with van der Waals surface area (Å²) in [6, 6.07) is 8.52. The van der Waals surface area contributed by atoms with E-state index >= 15 is 0 Å². The largest absolute Gasteiger partial charge is 0.416 e. The van der Waals surface area contributed by atoms with Gasteiger partial charge in [-0.25, -0.2) is 19.7 Å². The van der Waals surface area contributed by atoms with Crippen molar-refractivity contribution in [3.8, 4) is 5.69 Å². The van der Waals surface area contributed by atoms with Crippen molar-refractivity contribution in [2.75, 3.05) is 55.8 Å². The van der Waals surface area contributed by atoms with Crippen molar-refractivity contribution >= 4 is 40.3 Å². The summed E-state index contributed by atoms with van der Waals surface area (Å²) in [5.41, 5.74) is 6.36. The number of aromatic nitrogens is 4. The fourth-order valence-corrected chi connectivity index (χ4v) is 4.29. The Morgan fingerprint density at radius 1 is 0.976 bits per heavy atom. The number of nitrogens with zero attached hydrogens (tertiary/aromatic N) is 5. The first-order chi connectivity index (χ1) is 19.7. The molecule has 3 heterocycles. The van der Waals surface area contributed by atoms with Crippen LogP contribution < -0.4 is 21.7 Å². The van der Waals surface area contributed by atoms with Crippen LogP contribution in [0.2, 0.25) is 0 Å². The van der Waals surface area contributed by atoms with Crippen LogP contribution in [0.4, 0.5) is 35.2 Å². The zero-order valence-corrected chi connectivity index (χ0v) is 21.6. The van der Waals surface area contributed by atoms with Crippen LogP contribution in [-0.4, -0.2) is 75.8 Å². The van der Waals surface area contributed by atoms with Gasteiger partial charge in [-0.1, -0.05) is 0 Å². The highest BCUT2D eigenvalue weighted by Crippen LogP contribution is 2.32. The van der Waals surface area contributed by atoms with E-state index < -0.39 is 23.7 Å². The maximum absolute atomic E-state index is 13.6. The maximum Gasteiger partial charge on any atom is 0.416 e. The van der Waals surface area contributed by atoms with Gasteiger partial charge in [-0.2, -0.15) is 13.2 Å². The number of hydrogen-bond donors (Lipinski definition) is 4. The van der Waals surface area contributed by atoms with Crippen LogP contribution in [0.5, 0.6) is 0 Å². The fraction of sp³-hybridized carbons (Fsp3) is 0.269. The molecule has 5 rings (SSSR count). The molecule has 1 saturated heterocycles. The predicted octanol–water partition coefficient (Wildman–Crippen LogP) is 3.12. The number of imidazole rings is 1. The Balaban J connectivity index is 1.25. The molecule has 1 aliphatic rings. The van der Waals surface area contributed by atoms with E-state index in [2.05, 4.69) is 35.8 Å². The molecule has 5 N–H and O–H groups in total. The molecule has 1 fully saturated rings. The minimum atomic E-state index is -4.72. The monoisotopic (exact) mass is 569 g/mol. The highest BCUT2D eigenvalue weighted by Gasteiger charge is 2.32. The highest BCUT2D eigenvalue weighted by molar-refractivity contribution is 6.01. The van der Waals surface area contributed by atoms with Crippen molar-refractivity contribution in [2.24, 2.45) is 0 Å². The molecule has 0 unspecified atom stereocenters. The van der Waals surface area contributed by atoms with Gasteiger partial charge >= 0.3 is 12.2 Å². The summed E-state index contributed by atoms with van der Waals surface area (Å²) in [6.07, 6.45) is -1.86. The van der Waals surface area contributed by atoms with E-state index in [0.717, 1.165) is 25.2 Å². The minimum absolute atomic E-state index is 0.186. The molecule has 0 saturated carbocycles. The summed E-state index contributed by atoms with van der Waals surface area (Å²) in [5, 5.41) is 7.59. The lowest BCUT2D eigenvalue weighted by molar-refractivity contribution is -0.137. The van der Waals surface area contributed by atoms with E-state index in [1.807, 2.05) is 0 Å². The molecule has 0 radical (unpaired) electrons. The highest BCUT2D eigenvalue weighted by atomic mass is 19.4. The number of rotatable bonds is 7. The van der Waals surface area contributed by atoms with Crippen LogP contribution in [0.1, 0.15) is 15.9 Å². The number of amides is 3. The number of alkyl halides is 3. The van der Waals surface area contributed by atoms with Crippen LogP contribution in [-0.2, 0) is 10.9 Å². The number of nitrogens with one attached hydrogen (secondary N) is 3. The number of benzene rings is 2. The lowest BCUT2D eigenvalue weighted by atomic mass is 10.1. The first-order valence-electron chi connectivity index (χ1n) is 12.6. The lowest BCUT2D eigenvalue weighted by Crippen LogP contribution is -2.41. The van der Waals surface area contributed by atoms with Crippen LogP contribution in [0.25, 0.3) is 16.9 Å². The molecule has 1 aliphatic heterocycles. The molecule has 0 spiro atoms. The second-order valence-corrected chi connectivity index (χ2v) is 9.18. The number of carbonyl (C=O) groups excluding carboxylic acids is 2. The van der Waals surface area contributed by atoms with Gasteiger partial charge in [0.1, 0.15) is 12.7 Å². The number of fused-ring (bicyclic) bond motifs is 1. The van der Waals surface area contributed by atoms with Crippen molar-refractivity contribution in [3.05, 3.63) is 66.2 Å². The fourth-order valence-electron chi connectivity index (χ4n) is 4.29. The number of anilines is 3. The number of morpholine rings is 1. The molecule has 0 atom stereocenters. The van der Waals surface area contributed by atoms with Crippen molar-refractivity contribution < 1.29 is 27.5 Å². The van der Waals surface area contributed by atoms with Gasteiger partial charge in [0.15, 0.2) is 17.0 Å². The van der Waals surface area contributed by atoms with Gasteiger partial charge in [-0.05, 0) is 42.5 Å². The maximum atomic E-state index is 13.6. The van der Waals surface area contributed by atoms with Gasteiger partial charge < -0.3 is 26.4 Å². The van der Waals surface area contributed by atoms with Crippen molar-refractivity contribution in [2.45, 2.75) is 6.18 Å². The summed E-state index contributed by atoms with van der Waals surface area (Å²) < 4.78 is 47.7. The minimum Gasteiger partial charge on any atom is -0.382 e. The quantitative estimate of drug-likeness (QED) is 0.265. The van der Waals surface area contributed by atoms with Crippen LogP contribution in [0.15, 0.2) is 55.1 Å². The van der Waals surface area contributed by atoms with Crippen LogP contribution >= 0.6 is 0 Å². The predicted molar refractivity (Wildman–Crippen MR) is 145 cm³/mol. The number of halogens is 3. The van der Waals surface area contributed by atoms with Gasteiger partial charge in [0, 0.05) is 48.8 Å². The third-order valence-electron chi connectivity index (χ3n) is 6.36. The smallest absolute Gasteiger partial charge is 0.382 e. The zero-order chi connectivity index (χ0) is 29.0. The van der Waals surface area contributed by atoms with Gasteiger partial charge in [0.05, 0.1) is 18.8 Å². The summed E-state index contributed by atoms with van der Waals surface area (Å²) in [5.74, 6) is -0.436. The second kappa shape index (κ2) is 11.8. The number of nitrogens with two attached hydrogens (primary N) is 1. The molecule has 2 aromatic carbocycles. The van der Waals surface area contributed by atoms with E-state index in [0.29, 0.717) is 42.3 Å². The summed E-state index contributed by atoms with van der Waals surface area (Å²) in [4.78, 5) is 39.7. The Labute approximate surface area is 231 Å². The van der Waals surface area contributed by atoms with Gasteiger partial charge in [0.25, 0.3) is 5.91 Å². The number of ether oxygens (including phenoxy) is 1. The Hall–Kier alpha value is -4.76. The molecule has 3 amide bonds. The van der Waals surface area contributed by atoms with Crippen LogP contribution in [0.3, 0.4) is 0 Å². The lowest BCUT2D eigenvalue weighted by Gasteiger charge is -2.26. The summed E-state index contributed by atoms with van der Waals surface area (Å²) in [7, 11) is 0. The zero-order valence-electron chi connectivity index (χ0n) is 21.6. The molecular weight excluding hydrogens is 543 g/mol. The number of hydrogen-bond acceptors (Lipinski definition) is 8. The SMILES string of the molecule is Nc1ncnc2c1ncn2-c1ccc(NC(=O)Nc2cc(C(=O)NCCN3CCOCC3)cc(C(F)(F)F)c2)cc1. The van der Waals surface area contributed by atoms with E-state index in [1.165, 1.54) is 18.7 Å². The summed E-state index contributed by atoms with van der Waals surface area (Å²) >= 11 is 0. The van der Waals surface area contributed by atoms with E-state index in [1.54, 1.807) is 28.8 Å². The Bertz CT molecular complexity index is 1550. The molecule has 4 aromatic rings. The number of carbonyl (C=O) groups is 2. The molecule has 41 heavy (non-hydrogen) atoms. The van der Waals surface area contributed by atoms with Crippen molar-refractivity contribution in [1.29, 1.82) is 0 Å². The second-order valence-electron chi connectivity index (χ2n) is 9.18. The third-order valence-corrected chi connectivity index (χ3v) is 6.36. The van der Waals surface area contributed by atoms with Gasteiger partial charge in [0.2, 0.25) is 0 Å². The molecule has 12 nitrogen and oxygen atoms in total. The van der Waals surface area contributed by atoms with Crippen molar-refractivity contribution in [1.82, 2.24) is 29.7 Å². The van der Waals surface area contributed by atoms with E-state index in [4.69, 9.17) is 10.5 Å². The van der Waals surface area contributed by atoms with Crippen LogP contribution in [0, 0.1) is 0 Å². The normalized spacial score (nSPS) is 14.1. The van der Waals surface area contributed by atoms with Crippen molar-refractivity contribution in [3.63, 3.8) is 0 Å². The molecule has 0 aliphatic carbocycles. The Morgan fingerprint density at radius 3 is 2.44 bits per heavy atom. The average Bonchev–Trinajstić information content (AvgIpc) is 3.39. The average molecular weight is 570 g/mol. The third kappa shape index (κ3) is 6.70. The van der Waals surface area contributed by atoms with E-state index in [-0.39, 0.29) is 23.6 Å². The number of urea groups is 1. The first kappa shape index (κ1) is 27.8. The molecule has 15 heteroatoms. The standard InChI is InChI=1S/C26H26F3N9O3/c27-26(28,29)17-11-16(24(39)31-5-6-37-7-9-41-10-8-37)12-19(13-17)36-25(40)35-18-1-3-20(4-2-18)38-15-34-21-22(30)32-14-33-23(21)38/h1-4,11-15H,5-10H2,(H,31,39)(H2,30,32,33)(H2,35,36,40). The first-order valence-corrected chi connectivity index (χ1v) is 12.6. The van der Waals surface area contributed by atoms with Gasteiger partial charge in [-0.15, -0.1) is 0 Å². The Kier molecular flexibility index (Phi) is 7.98. The topological polar surface area (TPSA) is 152 Å². The molecular formula is C26H26F3N9O3. The molecule has 2 aromatic heterocycles. The number of nitrogen functional groups attached to an aromatic ring is 1. The summed E-state index contributed by atoms with van der Waals surface area (Å²) in [6.45, 7) is 3.42. The van der Waals surface area contributed by atoms with Gasteiger partial charge in [-0.3, -0.25) is 14.3 Å². The van der Waals surface area contributed by atoms with E-state index in [9.17, 15) is 22.8 Å². The molecule has 214 valence electrons. The Morgan fingerprint density at radius 2 is 1.71 bits per heavy atom.